The van der Waals surface area contributed by atoms with Crippen molar-refractivity contribution in [2.75, 3.05) is 19.7 Å². The molecule has 2 heterocycles. The number of ketones is 1. The second-order valence-electron chi connectivity index (χ2n) is 6.10. The van der Waals surface area contributed by atoms with Gasteiger partial charge in [-0.05, 0) is 29.9 Å². The topological polar surface area (TPSA) is 113 Å². The molecule has 0 aliphatic carbocycles. The van der Waals surface area contributed by atoms with Crippen LogP contribution in [-0.4, -0.2) is 54.1 Å². The number of nitrogens with two attached hydrogens (primary N) is 1. The lowest BCUT2D eigenvalue weighted by Gasteiger charge is -2.11. The first-order chi connectivity index (χ1) is 13.9. The van der Waals surface area contributed by atoms with E-state index in [9.17, 15) is 18.4 Å². The highest BCUT2D eigenvalue weighted by atomic mass is 19.3. The van der Waals surface area contributed by atoms with Gasteiger partial charge in [-0.1, -0.05) is 6.58 Å². The van der Waals surface area contributed by atoms with Gasteiger partial charge in [0.2, 0.25) is 11.7 Å². The molecule has 1 amide bonds. The second kappa shape index (κ2) is 10.9. The average Bonchev–Trinajstić information content (AvgIpc) is 3.28. The largest absolute Gasteiger partial charge is 0.403 e. The summed E-state index contributed by atoms with van der Waals surface area (Å²) < 4.78 is 28.7. The standard InChI is InChI=1S/C19H23F2N5O3/c1-13(12-24-23-7-6-22)18(28)16-11-14(5-10-29-19(20)21)15(25-16)4-9-26-8-2-3-17(26)27/h4-7,11-12,19,23,25H,1-3,8-10,22H2/b7-6+,14-5-,15-4+,24-12-. The summed E-state index contributed by atoms with van der Waals surface area (Å²) >= 11 is 0. The Kier molecular flexibility index (Phi) is 8.28. The molecule has 1 aliphatic heterocycles. The van der Waals surface area contributed by atoms with Crippen LogP contribution in [0.15, 0.2) is 35.7 Å². The number of alkyl halides is 2. The van der Waals surface area contributed by atoms with Gasteiger partial charge >= 0.3 is 6.61 Å². The van der Waals surface area contributed by atoms with E-state index >= 15 is 0 Å². The maximum absolute atomic E-state index is 12.5. The van der Waals surface area contributed by atoms with E-state index in [1.54, 1.807) is 11.0 Å². The number of nitrogens with zero attached hydrogens (tertiary/aromatic N) is 2. The molecule has 1 aromatic rings. The van der Waals surface area contributed by atoms with Crippen molar-refractivity contribution in [1.29, 1.82) is 0 Å². The number of aromatic nitrogens is 1. The van der Waals surface area contributed by atoms with E-state index in [2.05, 4.69) is 26.8 Å². The van der Waals surface area contributed by atoms with Gasteiger partial charge in [0.1, 0.15) is 0 Å². The van der Waals surface area contributed by atoms with Gasteiger partial charge in [-0.25, -0.2) is 0 Å². The molecule has 0 aromatic carbocycles. The van der Waals surface area contributed by atoms with Crippen LogP contribution in [0.1, 0.15) is 23.3 Å². The number of likely N-dealkylation sites (tertiary alicyclic amines) is 1. The van der Waals surface area contributed by atoms with E-state index in [4.69, 9.17) is 5.73 Å². The number of Topliss-reactive ketones (excluding diaryl/α,β-unsaturated/α-hetero) is 1. The first kappa shape index (κ1) is 22.0. The molecule has 29 heavy (non-hydrogen) atoms. The van der Waals surface area contributed by atoms with Crippen molar-refractivity contribution in [3.63, 3.8) is 0 Å². The third-order valence-corrected chi connectivity index (χ3v) is 4.09. The second-order valence-corrected chi connectivity index (χ2v) is 6.10. The third kappa shape index (κ3) is 6.68. The summed E-state index contributed by atoms with van der Waals surface area (Å²) in [5.41, 5.74) is 7.95. The lowest BCUT2D eigenvalue weighted by atomic mass is 10.1. The van der Waals surface area contributed by atoms with Crippen LogP contribution in [-0.2, 0) is 9.53 Å². The highest BCUT2D eigenvalue weighted by Crippen LogP contribution is 2.08. The fraction of sp³-hybridized carbons (Fsp3) is 0.316. The van der Waals surface area contributed by atoms with Gasteiger partial charge in [0.15, 0.2) is 0 Å². The van der Waals surface area contributed by atoms with E-state index in [0.29, 0.717) is 30.1 Å². The Morgan fingerprint density at radius 1 is 1.48 bits per heavy atom. The number of carbonyl (C=O) groups excluding carboxylic acids is 2. The van der Waals surface area contributed by atoms with Crippen molar-refractivity contribution < 1.29 is 23.1 Å². The molecule has 1 saturated heterocycles. The van der Waals surface area contributed by atoms with E-state index in [0.717, 1.165) is 6.42 Å². The zero-order chi connectivity index (χ0) is 21.2. The molecule has 0 spiro atoms. The molecule has 0 saturated carbocycles. The van der Waals surface area contributed by atoms with E-state index in [1.165, 1.54) is 30.8 Å². The minimum Gasteiger partial charge on any atom is -0.403 e. The predicted molar refractivity (Wildman–Crippen MR) is 105 cm³/mol. The Balaban J connectivity index is 2.25. The van der Waals surface area contributed by atoms with Gasteiger partial charge in [0.05, 0.1) is 18.5 Å². The number of allylic oxidation sites excluding steroid dienone is 1. The van der Waals surface area contributed by atoms with Gasteiger partial charge in [0.25, 0.3) is 0 Å². The Labute approximate surface area is 166 Å². The fourth-order valence-electron chi connectivity index (χ4n) is 2.69. The molecule has 0 unspecified atom stereocenters. The number of nitrogens with one attached hydrogen (secondary N) is 2. The summed E-state index contributed by atoms with van der Waals surface area (Å²) in [4.78, 5) is 28.9. The number of hydrazone groups is 1. The number of hydrogen-bond donors (Lipinski definition) is 3. The molecule has 1 aromatic heterocycles. The first-order valence-corrected chi connectivity index (χ1v) is 8.88. The quantitative estimate of drug-likeness (QED) is 0.222. The van der Waals surface area contributed by atoms with Gasteiger partial charge in [0, 0.05) is 42.8 Å². The molecule has 10 heteroatoms. The average molecular weight is 407 g/mol. The number of carbonyl (C=O) groups is 2. The van der Waals surface area contributed by atoms with Crippen molar-refractivity contribution in [3.8, 4) is 0 Å². The van der Waals surface area contributed by atoms with Crippen LogP contribution in [0.5, 0.6) is 0 Å². The Morgan fingerprint density at radius 2 is 2.28 bits per heavy atom. The number of ether oxygens (including phenoxy) is 1. The number of amides is 1. The molecule has 0 atom stereocenters. The number of H-pyrrole nitrogens is 1. The molecule has 2 rings (SSSR count). The van der Waals surface area contributed by atoms with Crippen molar-refractivity contribution in [2.24, 2.45) is 10.8 Å². The summed E-state index contributed by atoms with van der Waals surface area (Å²) in [6.07, 6.45) is 8.32. The van der Waals surface area contributed by atoms with Crippen LogP contribution in [0, 0.1) is 0 Å². The normalized spacial score (nSPS) is 16.1. The van der Waals surface area contributed by atoms with Crippen LogP contribution in [0.4, 0.5) is 8.78 Å². The van der Waals surface area contributed by atoms with E-state index in [1.807, 2.05) is 0 Å². The summed E-state index contributed by atoms with van der Waals surface area (Å²) in [6.45, 7) is 1.44. The molecular formula is C19H23F2N5O3. The molecule has 4 N–H and O–H groups in total. The first-order valence-electron chi connectivity index (χ1n) is 8.88. The molecule has 8 nitrogen and oxygen atoms in total. The minimum atomic E-state index is -2.90. The Morgan fingerprint density at radius 3 is 2.93 bits per heavy atom. The molecular weight excluding hydrogens is 384 g/mol. The van der Waals surface area contributed by atoms with Crippen molar-refractivity contribution in [3.05, 3.63) is 46.9 Å². The number of aromatic amines is 1. The van der Waals surface area contributed by atoms with E-state index < -0.39 is 12.4 Å². The fourth-order valence-corrected chi connectivity index (χ4v) is 2.69. The van der Waals surface area contributed by atoms with Crippen molar-refractivity contribution >= 4 is 30.1 Å². The molecule has 1 aliphatic rings. The van der Waals surface area contributed by atoms with Gasteiger partial charge in [-0.3, -0.25) is 15.0 Å². The number of rotatable bonds is 10. The summed E-state index contributed by atoms with van der Waals surface area (Å²) in [6, 6.07) is 1.51. The Hall–Kier alpha value is -3.27. The maximum atomic E-state index is 12.5. The number of hydrogen-bond acceptors (Lipinski definition) is 6. The van der Waals surface area contributed by atoms with Crippen LogP contribution in [0.2, 0.25) is 0 Å². The zero-order valence-electron chi connectivity index (χ0n) is 15.7. The maximum Gasteiger partial charge on any atom is 0.345 e. The zero-order valence-corrected chi connectivity index (χ0v) is 15.7. The lowest BCUT2D eigenvalue weighted by molar-refractivity contribution is -0.127. The summed E-state index contributed by atoms with van der Waals surface area (Å²) in [5.74, 6) is -0.368. The SMILES string of the molecule is C=C(/C=N\N/C=C/N)C(=O)c1cc(=C/COC(F)F)/c(=C\CN2CCCC2=O)[nH]1. The van der Waals surface area contributed by atoms with Gasteiger partial charge in [-0.2, -0.15) is 13.9 Å². The summed E-state index contributed by atoms with van der Waals surface area (Å²) in [5, 5.41) is 4.80. The lowest BCUT2D eigenvalue weighted by Crippen LogP contribution is -2.29. The number of halogens is 2. The van der Waals surface area contributed by atoms with E-state index in [-0.39, 0.29) is 23.8 Å². The van der Waals surface area contributed by atoms with Crippen molar-refractivity contribution in [2.45, 2.75) is 19.5 Å². The Bertz CT molecular complexity index is 921. The van der Waals surface area contributed by atoms with Crippen LogP contribution < -0.4 is 21.7 Å². The smallest absolute Gasteiger partial charge is 0.345 e. The van der Waals surface area contributed by atoms with Crippen LogP contribution >= 0.6 is 0 Å². The van der Waals surface area contributed by atoms with Gasteiger partial charge in [-0.15, -0.1) is 0 Å². The van der Waals surface area contributed by atoms with Crippen molar-refractivity contribution in [1.82, 2.24) is 15.3 Å². The van der Waals surface area contributed by atoms with Gasteiger partial charge < -0.3 is 20.4 Å². The molecule has 0 radical (unpaired) electrons. The van der Waals surface area contributed by atoms with Crippen LogP contribution in [0.3, 0.4) is 0 Å². The summed E-state index contributed by atoms with van der Waals surface area (Å²) in [7, 11) is 0. The molecule has 0 bridgehead atoms. The monoisotopic (exact) mass is 407 g/mol. The highest BCUT2D eigenvalue weighted by molar-refractivity contribution is 6.20. The van der Waals surface area contributed by atoms with Crippen LogP contribution in [0.25, 0.3) is 12.2 Å². The highest BCUT2D eigenvalue weighted by Gasteiger charge is 2.18. The predicted octanol–water partition coefficient (Wildman–Crippen LogP) is 0.182. The minimum absolute atomic E-state index is 0.0549. The molecule has 1 fully saturated rings. The third-order valence-electron chi connectivity index (χ3n) is 4.09. The molecule has 156 valence electrons.